The Morgan fingerprint density at radius 1 is 1.29 bits per heavy atom. The van der Waals surface area contributed by atoms with Gasteiger partial charge in [-0.1, -0.05) is 0 Å². The molecular weight excluding hydrogens is 238 g/mol. The van der Waals surface area contributed by atoms with E-state index < -0.39 is 10.2 Å². The monoisotopic (exact) mass is 257 g/mol. The number of anilines is 2. The molecule has 0 radical (unpaired) electrons. The van der Waals surface area contributed by atoms with Crippen LogP contribution >= 0.6 is 0 Å². The van der Waals surface area contributed by atoms with E-state index in [2.05, 4.69) is 4.72 Å². The Hall–Kier alpha value is -1.27. The smallest absolute Gasteiger partial charge is 0.301 e. The van der Waals surface area contributed by atoms with E-state index in [1.165, 1.54) is 4.31 Å². The molecule has 5 nitrogen and oxygen atoms in total. The van der Waals surface area contributed by atoms with Gasteiger partial charge in [0.25, 0.3) is 0 Å². The number of benzene rings is 1. The molecule has 0 spiro atoms. The van der Waals surface area contributed by atoms with Gasteiger partial charge in [-0.05, 0) is 45.0 Å². The Kier molecular flexibility index (Phi) is 4.36. The second-order valence-electron chi connectivity index (χ2n) is 4.03. The van der Waals surface area contributed by atoms with Crippen molar-refractivity contribution in [1.82, 2.24) is 4.72 Å². The zero-order chi connectivity index (χ0) is 13.1. The van der Waals surface area contributed by atoms with Crippen molar-refractivity contribution in [2.75, 3.05) is 16.6 Å². The molecule has 3 N–H and O–H groups in total. The molecule has 0 amide bonds. The predicted molar refractivity (Wildman–Crippen MR) is 71.1 cm³/mol. The molecule has 96 valence electrons. The number of hydrogen-bond donors (Lipinski definition) is 2. The Bertz CT molecular complexity index is 454. The molecule has 0 unspecified atom stereocenters. The lowest BCUT2D eigenvalue weighted by molar-refractivity contribution is 0.565. The fourth-order valence-corrected chi connectivity index (χ4v) is 2.96. The highest BCUT2D eigenvalue weighted by Gasteiger charge is 2.21. The lowest BCUT2D eigenvalue weighted by Crippen LogP contribution is -2.43. The summed E-state index contributed by atoms with van der Waals surface area (Å²) in [5, 5.41) is 0. The molecular formula is C11H19N3O2S. The van der Waals surface area contributed by atoms with Crippen molar-refractivity contribution in [3.8, 4) is 0 Å². The van der Waals surface area contributed by atoms with Crippen LogP contribution in [0.25, 0.3) is 0 Å². The minimum absolute atomic E-state index is 0.136. The Labute approximate surface area is 103 Å². The second-order valence-corrected chi connectivity index (χ2v) is 5.66. The average Bonchev–Trinajstić information content (AvgIpc) is 2.19. The minimum atomic E-state index is -3.50. The topological polar surface area (TPSA) is 75.4 Å². The zero-order valence-corrected chi connectivity index (χ0v) is 11.2. The van der Waals surface area contributed by atoms with E-state index in [-0.39, 0.29) is 6.04 Å². The molecule has 17 heavy (non-hydrogen) atoms. The van der Waals surface area contributed by atoms with Gasteiger partial charge < -0.3 is 5.73 Å². The number of hydrogen-bond acceptors (Lipinski definition) is 3. The van der Waals surface area contributed by atoms with Gasteiger partial charge in [-0.2, -0.15) is 13.1 Å². The molecule has 1 aromatic rings. The molecule has 0 heterocycles. The van der Waals surface area contributed by atoms with Crippen LogP contribution in [0, 0.1) is 0 Å². The maximum Gasteiger partial charge on any atom is 0.301 e. The summed E-state index contributed by atoms with van der Waals surface area (Å²) in [6, 6.07) is 6.62. The fourth-order valence-electron chi connectivity index (χ4n) is 1.49. The first-order valence-corrected chi connectivity index (χ1v) is 6.96. The van der Waals surface area contributed by atoms with Crippen LogP contribution in [-0.2, 0) is 10.2 Å². The SMILES string of the molecule is CCN(c1ccc(N)cc1)S(=O)(=O)NC(C)C. The maximum absolute atomic E-state index is 12.0. The van der Waals surface area contributed by atoms with Crippen LogP contribution in [0.1, 0.15) is 20.8 Å². The molecule has 0 aliphatic carbocycles. The number of nitrogens with zero attached hydrogens (tertiary/aromatic N) is 1. The summed E-state index contributed by atoms with van der Waals surface area (Å²) in [5.41, 5.74) is 6.79. The third kappa shape index (κ3) is 3.61. The van der Waals surface area contributed by atoms with Crippen LogP contribution in [0.5, 0.6) is 0 Å². The molecule has 0 saturated heterocycles. The van der Waals surface area contributed by atoms with Gasteiger partial charge >= 0.3 is 10.2 Å². The Balaban J connectivity index is 3.03. The lowest BCUT2D eigenvalue weighted by Gasteiger charge is -2.24. The molecule has 0 aliphatic rings. The second kappa shape index (κ2) is 5.37. The highest BCUT2D eigenvalue weighted by Crippen LogP contribution is 2.18. The summed E-state index contributed by atoms with van der Waals surface area (Å²) < 4.78 is 27.9. The quantitative estimate of drug-likeness (QED) is 0.782. The molecule has 0 bridgehead atoms. The highest BCUT2D eigenvalue weighted by molar-refractivity contribution is 7.90. The van der Waals surface area contributed by atoms with Gasteiger partial charge in [-0.3, -0.25) is 4.31 Å². The van der Waals surface area contributed by atoms with E-state index >= 15 is 0 Å². The van der Waals surface area contributed by atoms with Crippen LogP contribution in [0.15, 0.2) is 24.3 Å². The van der Waals surface area contributed by atoms with Gasteiger partial charge in [0.2, 0.25) is 0 Å². The molecule has 0 aliphatic heterocycles. The largest absolute Gasteiger partial charge is 0.399 e. The number of rotatable bonds is 5. The predicted octanol–water partition coefficient (Wildman–Crippen LogP) is 1.34. The summed E-state index contributed by atoms with van der Waals surface area (Å²) in [4.78, 5) is 0. The van der Waals surface area contributed by atoms with Crippen molar-refractivity contribution in [3.05, 3.63) is 24.3 Å². The zero-order valence-electron chi connectivity index (χ0n) is 10.3. The van der Waals surface area contributed by atoms with Crippen molar-refractivity contribution in [3.63, 3.8) is 0 Å². The minimum Gasteiger partial charge on any atom is -0.399 e. The van der Waals surface area contributed by atoms with Crippen LogP contribution < -0.4 is 14.8 Å². The summed E-state index contributed by atoms with van der Waals surface area (Å²) in [7, 11) is -3.50. The number of nitrogens with two attached hydrogens (primary N) is 1. The molecule has 6 heteroatoms. The van der Waals surface area contributed by atoms with Gasteiger partial charge in [-0.15, -0.1) is 0 Å². The van der Waals surface area contributed by atoms with Crippen LogP contribution in [-0.4, -0.2) is 21.0 Å². The summed E-state index contributed by atoms with van der Waals surface area (Å²) >= 11 is 0. The molecule has 1 rings (SSSR count). The summed E-state index contributed by atoms with van der Waals surface area (Å²) in [6.07, 6.45) is 0. The van der Waals surface area contributed by atoms with Crippen molar-refractivity contribution in [2.24, 2.45) is 0 Å². The normalized spacial score (nSPS) is 11.8. The van der Waals surface area contributed by atoms with E-state index in [0.717, 1.165) is 0 Å². The fraction of sp³-hybridized carbons (Fsp3) is 0.455. The van der Waals surface area contributed by atoms with Crippen molar-refractivity contribution >= 4 is 21.6 Å². The van der Waals surface area contributed by atoms with E-state index in [1.54, 1.807) is 45.0 Å². The molecule has 0 saturated carbocycles. The average molecular weight is 257 g/mol. The van der Waals surface area contributed by atoms with Crippen molar-refractivity contribution in [2.45, 2.75) is 26.8 Å². The first kappa shape index (κ1) is 13.8. The third-order valence-electron chi connectivity index (χ3n) is 2.14. The van der Waals surface area contributed by atoms with E-state index in [0.29, 0.717) is 17.9 Å². The van der Waals surface area contributed by atoms with Crippen LogP contribution in [0.2, 0.25) is 0 Å². The van der Waals surface area contributed by atoms with Gasteiger partial charge in [-0.25, -0.2) is 0 Å². The summed E-state index contributed by atoms with van der Waals surface area (Å²) in [6.45, 7) is 5.73. The number of nitrogen functional groups attached to an aromatic ring is 1. The molecule has 0 aromatic heterocycles. The molecule has 1 aromatic carbocycles. The van der Waals surface area contributed by atoms with Gasteiger partial charge in [0.1, 0.15) is 0 Å². The summed E-state index contributed by atoms with van der Waals surface area (Å²) in [5.74, 6) is 0. The van der Waals surface area contributed by atoms with E-state index in [9.17, 15) is 8.42 Å². The molecule has 0 atom stereocenters. The standard InChI is InChI=1S/C11H19N3O2S/c1-4-14(17(15,16)13-9(2)3)11-7-5-10(12)6-8-11/h5-9,13H,4,12H2,1-3H3. The van der Waals surface area contributed by atoms with Crippen molar-refractivity contribution < 1.29 is 8.42 Å². The first-order valence-electron chi connectivity index (χ1n) is 5.52. The third-order valence-corrected chi connectivity index (χ3v) is 3.96. The van der Waals surface area contributed by atoms with Crippen molar-refractivity contribution in [1.29, 1.82) is 0 Å². The van der Waals surface area contributed by atoms with Gasteiger partial charge in [0.15, 0.2) is 0 Å². The maximum atomic E-state index is 12.0. The van der Waals surface area contributed by atoms with Crippen LogP contribution in [0.3, 0.4) is 0 Å². The number of nitrogens with one attached hydrogen (secondary N) is 1. The van der Waals surface area contributed by atoms with Crippen LogP contribution in [0.4, 0.5) is 11.4 Å². The Morgan fingerprint density at radius 3 is 2.24 bits per heavy atom. The van der Waals surface area contributed by atoms with E-state index in [4.69, 9.17) is 5.73 Å². The molecule has 0 fully saturated rings. The lowest BCUT2D eigenvalue weighted by atomic mass is 10.3. The highest BCUT2D eigenvalue weighted by atomic mass is 32.2. The van der Waals surface area contributed by atoms with E-state index in [1.807, 2.05) is 0 Å². The van der Waals surface area contributed by atoms with Gasteiger partial charge in [0, 0.05) is 18.3 Å². The first-order chi connectivity index (χ1) is 7.86. The Morgan fingerprint density at radius 2 is 1.82 bits per heavy atom. The van der Waals surface area contributed by atoms with Gasteiger partial charge in [0.05, 0.1) is 5.69 Å².